The number of benzene rings is 1. The third-order valence-corrected chi connectivity index (χ3v) is 4.88. The maximum Gasteiger partial charge on any atom is 0.308 e. The molecule has 1 aliphatic rings. The van der Waals surface area contributed by atoms with E-state index in [1.54, 1.807) is 36.1 Å². The van der Waals surface area contributed by atoms with Crippen LogP contribution in [0.1, 0.15) is 57.4 Å². The molecule has 0 bridgehead atoms. The van der Waals surface area contributed by atoms with E-state index < -0.39 is 24.4 Å². The van der Waals surface area contributed by atoms with Crippen molar-refractivity contribution in [1.82, 2.24) is 15.2 Å². The number of rotatable bonds is 8. The van der Waals surface area contributed by atoms with Gasteiger partial charge in [0.05, 0.1) is 6.42 Å². The summed E-state index contributed by atoms with van der Waals surface area (Å²) in [5.41, 5.74) is 1.14. The van der Waals surface area contributed by atoms with Crippen molar-refractivity contribution in [3.63, 3.8) is 0 Å². The molecule has 2 amide bonds. The second kappa shape index (κ2) is 9.87. The molecule has 2 heterocycles. The van der Waals surface area contributed by atoms with Crippen LogP contribution in [0, 0.1) is 0 Å². The number of H-pyrrole nitrogens is 1. The number of carbonyl (C=O) groups is 4. The van der Waals surface area contributed by atoms with Gasteiger partial charge < -0.3 is 19.9 Å². The Morgan fingerprint density at radius 1 is 1.10 bits per heavy atom. The van der Waals surface area contributed by atoms with Gasteiger partial charge in [0.2, 0.25) is 5.78 Å². The van der Waals surface area contributed by atoms with Crippen LogP contribution in [0.5, 0.6) is 0 Å². The fourth-order valence-electron chi connectivity index (χ4n) is 3.26. The quantitative estimate of drug-likeness (QED) is 0.511. The number of nitrogens with one attached hydrogen (secondary N) is 2. The Labute approximate surface area is 174 Å². The molecule has 8 nitrogen and oxygen atoms in total. The normalized spacial score (nSPS) is 14.2. The molecule has 1 atom stereocenters. The van der Waals surface area contributed by atoms with Gasteiger partial charge in [-0.25, -0.2) is 0 Å². The van der Waals surface area contributed by atoms with E-state index in [0.717, 1.165) is 25.9 Å². The number of esters is 1. The molecule has 1 fully saturated rings. The van der Waals surface area contributed by atoms with Crippen molar-refractivity contribution in [2.45, 2.75) is 32.2 Å². The zero-order valence-electron chi connectivity index (χ0n) is 16.8. The van der Waals surface area contributed by atoms with E-state index >= 15 is 0 Å². The van der Waals surface area contributed by atoms with Gasteiger partial charge in [0.15, 0.2) is 6.61 Å². The van der Waals surface area contributed by atoms with Crippen molar-refractivity contribution in [2.75, 3.05) is 19.7 Å². The number of aromatic amines is 1. The monoisotopic (exact) mass is 411 g/mol. The maximum atomic E-state index is 12.3. The van der Waals surface area contributed by atoms with Crippen LogP contribution in [0.3, 0.4) is 0 Å². The third kappa shape index (κ3) is 5.56. The molecule has 30 heavy (non-hydrogen) atoms. The van der Waals surface area contributed by atoms with Crippen molar-refractivity contribution in [2.24, 2.45) is 0 Å². The molecule has 1 aromatic heterocycles. The van der Waals surface area contributed by atoms with Gasteiger partial charge in [0.25, 0.3) is 11.8 Å². The molecule has 1 saturated heterocycles. The first-order chi connectivity index (χ1) is 14.4. The number of likely N-dealkylation sites (tertiary alicyclic amines) is 1. The van der Waals surface area contributed by atoms with Gasteiger partial charge >= 0.3 is 5.97 Å². The highest BCUT2D eigenvalue weighted by Crippen LogP contribution is 2.13. The summed E-state index contributed by atoms with van der Waals surface area (Å²) in [5.74, 6) is -1.41. The number of hydrogen-bond acceptors (Lipinski definition) is 5. The fourth-order valence-corrected chi connectivity index (χ4v) is 3.26. The van der Waals surface area contributed by atoms with E-state index in [1.807, 2.05) is 6.07 Å². The summed E-state index contributed by atoms with van der Waals surface area (Å²) in [6.45, 7) is 2.70. The molecule has 8 heteroatoms. The average Bonchev–Trinajstić information content (AvgIpc) is 3.44. The van der Waals surface area contributed by atoms with E-state index in [-0.39, 0.29) is 23.8 Å². The number of ether oxygens (including phenoxy) is 1. The number of nitrogens with zero attached hydrogens (tertiary/aromatic N) is 1. The molecule has 158 valence electrons. The summed E-state index contributed by atoms with van der Waals surface area (Å²) >= 11 is 0. The van der Waals surface area contributed by atoms with Gasteiger partial charge in [-0.05, 0) is 38.0 Å². The zero-order chi connectivity index (χ0) is 21.5. The molecule has 0 radical (unpaired) electrons. The van der Waals surface area contributed by atoms with Gasteiger partial charge in [-0.1, -0.05) is 18.2 Å². The van der Waals surface area contributed by atoms with Crippen LogP contribution >= 0.6 is 0 Å². The Hall–Kier alpha value is -3.42. The fraction of sp³-hybridized carbons (Fsp3) is 0.364. The predicted octanol–water partition coefficient (Wildman–Crippen LogP) is 2.19. The molecule has 0 spiro atoms. The van der Waals surface area contributed by atoms with Gasteiger partial charge in [0.1, 0.15) is 5.69 Å². The van der Waals surface area contributed by atoms with Crippen molar-refractivity contribution in [3.8, 4) is 0 Å². The molecule has 3 rings (SSSR count). The Balaban J connectivity index is 1.43. The topological polar surface area (TPSA) is 109 Å². The van der Waals surface area contributed by atoms with Crippen molar-refractivity contribution >= 4 is 23.6 Å². The van der Waals surface area contributed by atoms with Crippen molar-refractivity contribution in [1.29, 1.82) is 0 Å². The largest absolute Gasteiger partial charge is 0.457 e. The predicted molar refractivity (Wildman–Crippen MR) is 109 cm³/mol. The maximum absolute atomic E-state index is 12.3. The number of hydrogen-bond donors (Lipinski definition) is 2. The number of Topliss-reactive ketones (excluding diaryl/α,β-unsaturated/α-hetero) is 1. The molecule has 1 aromatic carbocycles. The Kier molecular flexibility index (Phi) is 7.00. The number of ketones is 1. The number of aromatic nitrogens is 1. The minimum atomic E-state index is -0.590. The minimum absolute atomic E-state index is 0.0579. The van der Waals surface area contributed by atoms with E-state index in [4.69, 9.17) is 4.74 Å². The lowest BCUT2D eigenvalue weighted by Gasteiger charge is -2.13. The Morgan fingerprint density at radius 2 is 1.80 bits per heavy atom. The average molecular weight is 411 g/mol. The Morgan fingerprint density at radius 3 is 2.50 bits per heavy atom. The van der Waals surface area contributed by atoms with E-state index in [9.17, 15) is 19.2 Å². The molecule has 1 unspecified atom stereocenters. The molecular weight excluding hydrogens is 386 g/mol. The lowest BCUT2D eigenvalue weighted by molar-refractivity contribution is -0.142. The lowest BCUT2D eigenvalue weighted by Crippen LogP contribution is -2.34. The molecular formula is C22H25N3O5. The van der Waals surface area contributed by atoms with Gasteiger partial charge in [-0.2, -0.15) is 0 Å². The summed E-state index contributed by atoms with van der Waals surface area (Å²) in [4.78, 5) is 53.2. The minimum Gasteiger partial charge on any atom is -0.457 e. The molecule has 0 aliphatic carbocycles. The first kappa shape index (κ1) is 21.3. The summed E-state index contributed by atoms with van der Waals surface area (Å²) in [6, 6.07) is 9.72. The summed E-state index contributed by atoms with van der Waals surface area (Å²) in [6.07, 6.45) is 3.36. The SMILES string of the molecule is CC(CC(=O)OCC(=O)c1c[nH]c(C(=O)N2CCCC2)c1)NC(=O)c1ccccc1. The second-order valence-corrected chi connectivity index (χ2v) is 7.33. The zero-order valence-corrected chi connectivity index (χ0v) is 16.8. The van der Waals surface area contributed by atoms with Gasteiger partial charge in [0, 0.05) is 36.5 Å². The van der Waals surface area contributed by atoms with Crippen LogP contribution in [0.4, 0.5) is 0 Å². The summed E-state index contributed by atoms with van der Waals surface area (Å²) in [5, 5.41) is 2.72. The molecule has 2 N–H and O–H groups in total. The van der Waals surface area contributed by atoms with Crippen LogP contribution in [-0.4, -0.2) is 59.2 Å². The molecule has 1 aliphatic heterocycles. The first-order valence-corrected chi connectivity index (χ1v) is 9.96. The lowest BCUT2D eigenvalue weighted by atomic mass is 10.2. The second-order valence-electron chi connectivity index (χ2n) is 7.33. The summed E-state index contributed by atoms with van der Waals surface area (Å²) in [7, 11) is 0. The highest BCUT2D eigenvalue weighted by Gasteiger charge is 2.22. The van der Waals surface area contributed by atoms with Crippen LogP contribution in [0.25, 0.3) is 0 Å². The van der Waals surface area contributed by atoms with E-state index in [2.05, 4.69) is 10.3 Å². The van der Waals surface area contributed by atoms with E-state index in [1.165, 1.54) is 12.3 Å². The van der Waals surface area contributed by atoms with E-state index in [0.29, 0.717) is 11.3 Å². The Bertz CT molecular complexity index is 916. The molecule has 0 saturated carbocycles. The van der Waals surface area contributed by atoms with Crippen LogP contribution < -0.4 is 5.32 Å². The van der Waals surface area contributed by atoms with Crippen LogP contribution in [-0.2, 0) is 9.53 Å². The van der Waals surface area contributed by atoms with Crippen molar-refractivity contribution < 1.29 is 23.9 Å². The smallest absolute Gasteiger partial charge is 0.308 e. The highest BCUT2D eigenvalue weighted by molar-refractivity contribution is 6.01. The first-order valence-electron chi connectivity index (χ1n) is 9.96. The van der Waals surface area contributed by atoms with Crippen LogP contribution in [0.2, 0.25) is 0 Å². The highest BCUT2D eigenvalue weighted by atomic mass is 16.5. The summed E-state index contributed by atoms with van der Waals surface area (Å²) < 4.78 is 5.04. The molecule has 2 aromatic rings. The standard InChI is InChI=1S/C22H25N3O5/c1-15(24-21(28)16-7-3-2-4-8-16)11-20(27)30-14-19(26)17-12-18(23-13-17)22(29)25-9-5-6-10-25/h2-4,7-8,12-13,15,23H,5-6,9-11,14H2,1H3,(H,24,28). The third-order valence-electron chi connectivity index (χ3n) is 4.88. The number of amides is 2. The van der Waals surface area contributed by atoms with Crippen LogP contribution in [0.15, 0.2) is 42.6 Å². The van der Waals surface area contributed by atoms with Gasteiger partial charge in [-0.3, -0.25) is 19.2 Å². The van der Waals surface area contributed by atoms with Crippen molar-refractivity contribution in [3.05, 3.63) is 59.4 Å². The number of carbonyl (C=O) groups excluding carboxylic acids is 4. The van der Waals surface area contributed by atoms with Gasteiger partial charge in [-0.15, -0.1) is 0 Å².